The van der Waals surface area contributed by atoms with Crippen molar-refractivity contribution in [3.63, 3.8) is 0 Å². The first-order chi connectivity index (χ1) is 21.1. The van der Waals surface area contributed by atoms with Crippen LogP contribution in [0.3, 0.4) is 0 Å². The highest BCUT2D eigenvalue weighted by atomic mass is 16.7. The smallest absolute Gasteiger partial charge is 0.262 e. The number of rotatable bonds is 11. The Balaban J connectivity index is 1.31. The predicted molar refractivity (Wildman–Crippen MR) is 158 cm³/mol. The van der Waals surface area contributed by atoms with Gasteiger partial charge in [-0.2, -0.15) is 0 Å². The summed E-state index contributed by atoms with van der Waals surface area (Å²) in [5.74, 6) is -0.969. The average Bonchev–Trinajstić information content (AvgIpc) is 3.30. The molecule has 4 aromatic carbocycles. The number of ether oxygens (including phenoxy) is 4. The summed E-state index contributed by atoms with van der Waals surface area (Å²) in [5.41, 5.74) is 3.32. The van der Waals surface area contributed by atoms with Gasteiger partial charge in [0, 0.05) is 0 Å². The standard InChI is InChI=1S/C35H33NO7/c37-31-29(23-40-20-24-12-4-1-5-13-24)43-35(42-22-26-16-8-3-9-17-26)30(32(31)41-21-25-14-6-2-7-15-25)36-33(38)27-18-10-11-19-28(27)34(36)39/h1-19,29-32,35,37H,20-23H2/t29-,30-,31+,32+,35+/m0/s1. The van der Waals surface area contributed by atoms with Crippen LogP contribution < -0.4 is 0 Å². The van der Waals surface area contributed by atoms with Gasteiger partial charge in [-0.15, -0.1) is 0 Å². The molecule has 0 aliphatic carbocycles. The van der Waals surface area contributed by atoms with Crippen molar-refractivity contribution in [3.8, 4) is 0 Å². The fourth-order valence-electron chi connectivity index (χ4n) is 5.51. The molecular weight excluding hydrogens is 546 g/mol. The maximum Gasteiger partial charge on any atom is 0.262 e. The summed E-state index contributed by atoms with van der Waals surface area (Å²) in [6.45, 7) is 0.664. The Labute approximate surface area is 250 Å². The SMILES string of the molecule is O=C1c2ccccc2C(=O)N1[C@@H]1[C@H](OCc2ccccc2)O[C@@H](COCc2ccccc2)[C@@H](O)[C@@H]1OCc1ccccc1. The predicted octanol–water partition coefficient (Wildman–Crippen LogP) is 4.76. The van der Waals surface area contributed by atoms with E-state index in [1.54, 1.807) is 24.3 Å². The first kappa shape index (κ1) is 28.9. The van der Waals surface area contributed by atoms with Gasteiger partial charge in [-0.3, -0.25) is 14.5 Å². The lowest BCUT2D eigenvalue weighted by atomic mass is 9.95. The molecule has 5 atom stereocenters. The Morgan fingerprint density at radius 2 is 1.09 bits per heavy atom. The zero-order valence-electron chi connectivity index (χ0n) is 23.5. The first-order valence-corrected chi connectivity index (χ1v) is 14.3. The van der Waals surface area contributed by atoms with Crippen LogP contribution in [0.2, 0.25) is 0 Å². The minimum absolute atomic E-state index is 0.0429. The van der Waals surface area contributed by atoms with Crippen molar-refractivity contribution >= 4 is 11.8 Å². The third-order valence-corrected chi connectivity index (χ3v) is 7.70. The molecule has 2 heterocycles. The van der Waals surface area contributed by atoms with Gasteiger partial charge in [0.2, 0.25) is 0 Å². The van der Waals surface area contributed by atoms with E-state index in [1.807, 2.05) is 91.0 Å². The zero-order chi connectivity index (χ0) is 29.6. The third kappa shape index (κ3) is 6.44. The summed E-state index contributed by atoms with van der Waals surface area (Å²) in [6.07, 6.45) is -4.21. The summed E-state index contributed by atoms with van der Waals surface area (Å²) < 4.78 is 25.0. The molecule has 2 aliphatic heterocycles. The third-order valence-electron chi connectivity index (χ3n) is 7.70. The first-order valence-electron chi connectivity index (χ1n) is 14.3. The van der Waals surface area contributed by atoms with E-state index in [0.29, 0.717) is 17.7 Å². The lowest BCUT2D eigenvalue weighted by Crippen LogP contribution is -2.66. The second-order valence-electron chi connectivity index (χ2n) is 10.6. The van der Waals surface area contributed by atoms with Gasteiger partial charge in [-0.05, 0) is 28.8 Å². The summed E-state index contributed by atoms with van der Waals surface area (Å²) >= 11 is 0. The summed E-state index contributed by atoms with van der Waals surface area (Å²) in [5, 5.41) is 11.7. The maximum absolute atomic E-state index is 13.7. The number of nitrogens with zero attached hydrogens (tertiary/aromatic N) is 1. The molecule has 0 aromatic heterocycles. The molecule has 0 unspecified atom stereocenters. The van der Waals surface area contributed by atoms with Crippen molar-refractivity contribution < 1.29 is 33.6 Å². The molecule has 1 saturated heterocycles. The molecule has 8 nitrogen and oxygen atoms in total. The van der Waals surface area contributed by atoms with Gasteiger partial charge < -0.3 is 24.1 Å². The fraction of sp³-hybridized carbons (Fsp3) is 0.257. The molecule has 0 radical (unpaired) electrons. The maximum atomic E-state index is 13.7. The number of imide groups is 1. The van der Waals surface area contributed by atoms with Crippen molar-refractivity contribution in [3.05, 3.63) is 143 Å². The van der Waals surface area contributed by atoms with E-state index in [0.717, 1.165) is 21.6 Å². The van der Waals surface area contributed by atoms with Crippen LogP contribution in [0, 0.1) is 0 Å². The van der Waals surface area contributed by atoms with E-state index in [-0.39, 0.29) is 19.8 Å². The van der Waals surface area contributed by atoms with Gasteiger partial charge in [0.15, 0.2) is 6.29 Å². The Kier molecular flexibility index (Phi) is 9.02. The largest absolute Gasteiger partial charge is 0.388 e. The van der Waals surface area contributed by atoms with Crippen molar-refractivity contribution in [2.45, 2.75) is 50.5 Å². The molecular formula is C35H33NO7. The van der Waals surface area contributed by atoms with Crippen LogP contribution in [0.25, 0.3) is 0 Å². The van der Waals surface area contributed by atoms with Gasteiger partial charge in [0.05, 0.1) is 37.6 Å². The number of benzene rings is 4. The normalized spacial score (nSPS) is 23.4. The highest BCUT2D eigenvalue weighted by Crippen LogP contribution is 2.35. The van der Waals surface area contributed by atoms with Gasteiger partial charge in [-0.25, -0.2) is 0 Å². The second-order valence-corrected chi connectivity index (χ2v) is 10.6. The molecule has 43 heavy (non-hydrogen) atoms. The molecule has 1 fully saturated rings. The van der Waals surface area contributed by atoms with Crippen molar-refractivity contribution in [2.75, 3.05) is 6.61 Å². The van der Waals surface area contributed by atoms with Crippen molar-refractivity contribution in [2.24, 2.45) is 0 Å². The minimum atomic E-state index is -1.23. The fourth-order valence-corrected chi connectivity index (χ4v) is 5.51. The summed E-state index contributed by atoms with van der Waals surface area (Å²) in [7, 11) is 0. The van der Waals surface area contributed by atoms with Crippen molar-refractivity contribution in [1.82, 2.24) is 4.90 Å². The van der Waals surface area contributed by atoms with Crippen LogP contribution in [0.1, 0.15) is 37.4 Å². The highest BCUT2D eigenvalue weighted by Gasteiger charge is 2.54. The van der Waals surface area contributed by atoms with Crippen LogP contribution in [0.4, 0.5) is 0 Å². The van der Waals surface area contributed by atoms with Crippen LogP contribution in [0.5, 0.6) is 0 Å². The summed E-state index contributed by atoms with van der Waals surface area (Å²) in [6, 6.07) is 34.3. The molecule has 0 bridgehead atoms. The zero-order valence-corrected chi connectivity index (χ0v) is 23.5. The van der Waals surface area contributed by atoms with Gasteiger partial charge in [0.1, 0.15) is 24.4 Å². The second kappa shape index (κ2) is 13.4. The highest BCUT2D eigenvalue weighted by molar-refractivity contribution is 6.21. The van der Waals surface area contributed by atoms with Crippen molar-refractivity contribution in [1.29, 1.82) is 0 Å². The summed E-state index contributed by atoms with van der Waals surface area (Å²) in [4.78, 5) is 28.5. The molecule has 1 N–H and O–H groups in total. The van der Waals surface area contributed by atoms with Crippen LogP contribution in [-0.4, -0.2) is 59.1 Å². The molecule has 8 heteroatoms. The van der Waals surface area contributed by atoms with Gasteiger partial charge >= 0.3 is 0 Å². The molecule has 4 aromatic rings. The number of carbonyl (C=O) groups is 2. The van der Waals surface area contributed by atoms with E-state index in [1.165, 1.54) is 0 Å². The van der Waals surface area contributed by atoms with Crippen LogP contribution in [-0.2, 0) is 38.8 Å². The average molecular weight is 580 g/mol. The van der Waals surface area contributed by atoms with Crippen LogP contribution >= 0.6 is 0 Å². The van der Waals surface area contributed by atoms with Crippen LogP contribution in [0.15, 0.2) is 115 Å². The number of fused-ring (bicyclic) bond motifs is 1. The van der Waals surface area contributed by atoms with Gasteiger partial charge in [0.25, 0.3) is 11.8 Å². The Hall–Kier alpha value is -4.18. The Bertz CT molecular complexity index is 1480. The number of aliphatic hydroxyl groups is 1. The van der Waals surface area contributed by atoms with E-state index < -0.39 is 42.5 Å². The van der Waals surface area contributed by atoms with E-state index in [4.69, 9.17) is 18.9 Å². The van der Waals surface area contributed by atoms with E-state index in [2.05, 4.69) is 0 Å². The van der Waals surface area contributed by atoms with E-state index >= 15 is 0 Å². The number of carbonyl (C=O) groups excluding carboxylic acids is 2. The number of aliphatic hydroxyl groups excluding tert-OH is 1. The lowest BCUT2D eigenvalue weighted by molar-refractivity contribution is -0.293. The molecule has 2 amide bonds. The molecule has 220 valence electrons. The molecule has 0 saturated carbocycles. The number of hydrogen-bond acceptors (Lipinski definition) is 7. The Morgan fingerprint density at radius 1 is 0.628 bits per heavy atom. The minimum Gasteiger partial charge on any atom is -0.388 e. The molecule has 6 rings (SSSR count). The number of hydrogen-bond donors (Lipinski definition) is 1. The Morgan fingerprint density at radius 3 is 1.63 bits per heavy atom. The molecule has 0 spiro atoms. The monoisotopic (exact) mass is 579 g/mol. The number of amides is 2. The molecule has 2 aliphatic rings. The quantitative estimate of drug-likeness (QED) is 0.256. The van der Waals surface area contributed by atoms with E-state index in [9.17, 15) is 14.7 Å². The lowest BCUT2D eigenvalue weighted by Gasteiger charge is -2.46. The van der Waals surface area contributed by atoms with Gasteiger partial charge in [-0.1, -0.05) is 103 Å². The topological polar surface area (TPSA) is 94.5 Å².